The molecule has 0 radical (unpaired) electrons. The van der Waals surface area contributed by atoms with Crippen LogP contribution in [-0.2, 0) is 0 Å². The number of aromatic nitrogens is 3. The van der Waals surface area contributed by atoms with Crippen LogP contribution in [0.5, 0.6) is 0 Å². The Morgan fingerprint density at radius 2 is 0.764 bits per heavy atom. The van der Waals surface area contributed by atoms with Gasteiger partial charge in [-0.25, -0.2) is 15.0 Å². The number of benzene rings is 8. The first kappa shape index (κ1) is 27.2. The van der Waals surface area contributed by atoms with Gasteiger partial charge in [-0.2, -0.15) is 0 Å². The van der Waals surface area contributed by atoms with E-state index in [2.05, 4.69) is 84.9 Å². The molecule has 0 aliphatic heterocycles. The van der Waals surface area contributed by atoms with Crippen LogP contribution in [0.2, 0.25) is 0 Å². The summed E-state index contributed by atoms with van der Waals surface area (Å²) in [6.45, 7) is 0. The molecule has 0 saturated carbocycles. The van der Waals surface area contributed by atoms with Crippen molar-refractivity contribution in [2.75, 3.05) is 0 Å². The Balaban J connectivity index is 0.992. The number of furan rings is 1. The van der Waals surface area contributed by atoms with Crippen molar-refractivity contribution >= 4 is 21.9 Å². The lowest BCUT2D eigenvalue weighted by molar-refractivity contribution is 0.669. The maximum absolute atomic E-state index is 8.54. The zero-order valence-electron chi connectivity index (χ0n) is 34.4. The average Bonchev–Trinajstić information content (AvgIpc) is 3.68. The molecule has 10 aromatic rings. The van der Waals surface area contributed by atoms with E-state index in [1.165, 1.54) is 11.1 Å². The second kappa shape index (κ2) is 13.8. The molecule has 0 amide bonds. The minimum Gasteiger partial charge on any atom is -0.456 e. The minimum absolute atomic E-state index is 0.112. The molecule has 258 valence electrons. The van der Waals surface area contributed by atoms with E-state index in [0.29, 0.717) is 34.2 Å². The highest BCUT2D eigenvalue weighted by Gasteiger charge is 2.16. The fourth-order valence-electron chi connectivity index (χ4n) is 7.00. The van der Waals surface area contributed by atoms with E-state index < -0.39 is 18.1 Å². The molecule has 0 aliphatic rings. The third kappa shape index (κ3) is 6.36. The zero-order chi connectivity index (χ0) is 40.9. The van der Waals surface area contributed by atoms with Crippen LogP contribution in [0.1, 0.15) is 6.85 Å². The average molecular weight is 709 g/mol. The maximum Gasteiger partial charge on any atom is 0.164 e. The van der Waals surface area contributed by atoms with Gasteiger partial charge in [-0.3, -0.25) is 0 Å². The van der Waals surface area contributed by atoms with Crippen LogP contribution in [0.25, 0.3) is 101 Å². The van der Waals surface area contributed by atoms with Crippen molar-refractivity contribution in [3.8, 4) is 78.7 Å². The minimum atomic E-state index is -0.437. The normalized spacial score (nSPS) is 12.5. The molecular formula is C51H33N3O. The Morgan fingerprint density at radius 3 is 1.40 bits per heavy atom. The second-order valence-corrected chi connectivity index (χ2v) is 13.3. The van der Waals surface area contributed by atoms with Gasteiger partial charge in [-0.15, -0.1) is 0 Å². The first-order valence-corrected chi connectivity index (χ1v) is 18.0. The summed E-state index contributed by atoms with van der Waals surface area (Å²) in [6, 6.07) is 54.9. The van der Waals surface area contributed by atoms with Crippen LogP contribution >= 0.6 is 0 Å². The Bertz CT molecular complexity index is 3210. The molecule has 0 N–H and O–H groups in total. The molecule has 0 bridgehead atoms. The van der Waals surface area contributed by atoms with Crippen LogP contribution in [0, 0.1) is 0 Å². The maximum atomic E-state index is 8.54. The van der Waals surface area contributed by atoms with E-state index in [1.807, 2.05) is 66.7 Å². The Kier molecular flexibility index (Phi) is 6.85. The predicted molar refractivity (Wildman–Crippen MR) is 225 cm³/mol. The van der Waals surface area contributed by atoms with Crippen molar-refractivity contribution in [3.05, 3.63) is 200 Å². The summed E-state index contributed by atoms with van der Waals surface area (Å²) >= 11 is 0. The van der Waals surface area contributed by atoms with Crippen LogP contribution in [0.15, 0.2) is 204 Å². The lowest BCUT2D eigenvalue weighted by atomic mass is 9.97. The highest BCUT2D eigenvalue weighted by atomic mass is 16.3. The van der Waals surface area contributed by atoms with Crippen LogP contribution in [-0.4, -0.2) is 15.0 Å². The summed E-state index contributed by atoms with van der Waals surface area (Å²) in [5, 5.41) is 1.97. The molecule has 2 heterocycles. The zero-order valence-corrected chi connectivity index (χ0v) is 29.4. The molecule has 55 heavy (non-hydrogen) atoms. The summed E-state index contributed by atoms with van der Waals surface area (Å²) in [4.78, 5) is 14.7. The largest absolute Gasteiger partial charge is 0.456 e. The van der Waals surface area contributed by atoms with E-state index in [1.54, 1.807) is 18.2 Å². The topological polar surface area (TPSA) is 51.8 Å². The highest BCUT2D eigenvalue weighted by molar-refractivity contribution is 6.07. The summed E-state index contributed by atoms with van der Waals surface area (Å²) in [7, 11) is 0. The van der Waals surface area contributed by atoms with E-state index in [-0.39, 0.29) is 17.6 Å². The molecule has 4 nitrogen and oxygen atoms in total. The molecule has 4 heteroatoms. The van der Waals surface area contributed by atoms with Gasteiger partial charge < -0.3 is 4.42 Å². The third-order valence-electron chi connectivity index (χ3n) is 9.85. The van der Waals surface area contributed by atoms with Crippen molar-refractivity contribution in [3.63, 3.8) is 0 Å². The molecule has 0 saturated heterocycles. The lowest BCUT2D eigenvalue weighted by Gasteiger charge is -2.09. The van der Waals surface area contributed by atoms with Crippen LogP contribution in [0.3, 0.4) is 0 Å². The van der Waals surface area contributed by atoms with E-state index >= 15 is 0 Å². The Morgan fingerprint density at radius 1 is 0.309 bits per heavy atom. The smallest absolute Gasteiger partial charge is 0.164 e. The first-order valence-electron chi connectivity index (χ1n) is 20.5. The standard InChI is InChI=1S/C51H33N3O/c1-4-11-34(12-5-1)36-19-21-37(22-20-36)38-23-25-39(26-24-38)42-28-30-47-46(32-42)45-29-27-44(33-48(45)55-47)51-53-49(40-15-8-3-9-16-40)52-50(54-51)43-18-10-17-41(31-43)35-13-6-2-7-14-35/h1-33H/i2D,6D,7D,13D,14D. The van der Waals surface area contributed by atoms with Crippen LogP contribution < -0.4 is 0 Å². The Labute approximate surface area is 326 Å². The van der Waals surface area contributed by atoms with Crippen molar-refractivity contribution in [2.24, 2.45) is 0 Å². The number of hydrogen-bond donors (Lipinski definition) is 0. The van der Waals surface area contributed by atoms with Gasteiger partial charge in [0.2, 0.25) is 0 Å². The molecule has 0 spiro atoms. The van der Waals surface area contributed by atoms with Crippen molar-refractivity contribution in [1.82, 2.24) is 15.0 Å². The third-order valence-corrected chi connectivity index (χ3v) is 9.85. The van der Waals surface area contributed by atoms with Gasteiger partial charge in [-0.05, 0) is 74.8 Å². The fourth-order valence-corrected chi connectivity index (χ4v) is 7.00. The molecule has 0 atom stereocenters. The van der Waals surface area contributed by atoms with Gasteiger partial charge in [0, 0.05) is 27.5 Å². The molecule has 0 fully saturated rings. The summed E-state index contributed by atoms with van der Waals surface area (Å²) in [5.74, 6) is 1.27. The van der Waals surface area contributed by atoms with Gasteiger partial charge in [-0.1, -0.05) is 170 Å². The highest BCUT2D eigenvalue weighted by Crippen LogP contribution is 2.36. The summed E-state index contributed by atoms with van der Waals surface area (Å²) < 4.78 is 47.9. The van der Waals surface area contributed by atoms with Gasteiger partial charge in [0.05, 0.1) is 6.85 Å². The molecule has 10 rings (SSSR count). The van der Waals surface area contributed by atoms with E-state index in [4.69, 9.17) is 26.2 Å². The van der Waals surface area contributed by atoms with Gasteiger partial charge >= 0.3 is 0 Å². The lowest BCUT2D eigenvalue weighted by Crippen LogP contribution is -2.00. The summed E-state index contributed by atoms with van der Waals surface area (Å²) in [6.07, 6.45) is 0. The van der Waals surface area contributed by atoms with Crippen LogP contribution in [0.4, 0.5) is 0 Å². The predicted octanol–water partition coefficient (Wildman–Crippen LogP) is 13.4. The molecule has 0 unspecified atom stereocenters. The quantitative estimate of drug-likeness (QED) is 0.165. The monoisotopic (exact) mass is 708 g/mol. The summed E-state index contributed by atoms with van der Waals surface area (Å²) in [5.41, 5.74) is 11.1. The van der Waals surface area contributed by atoms with Crippen molar-refractivity contribution in [2.45, 2.75) is 0 Å². The molecule has 2 aromatic heterocycles. The number of fused-ring (bicyclic) bond motifs is 3. The fraction of sp³-hybridized carbons (Fsp3) is 0. The molecule has 0 aliphatic carbocycles. The molecule has 8 aromatic carbocycles. The Hall–Kier alpha value is -7.43. The molecular weight excluding hydrogens is 671 g/mol. The number of hydrogen-bond acceptors (Lipinski definition) is 4. The van der Waals surface area contributed by atoms with E-state index in [0.717, 1.165) is 49.7 Å². The van der Waals surface area contributed by atoms with Gasteiger partial charge in [0.1, 0.15) is 11.2 Å². The first-order chi connectivity index (χ1) is 29.3. The van der Waals surface area contributed by atoms with Crippen molar-refractivity contribution in [1.29, 1.82) is 0 Å². The van der Waals surface area contributed by atoms with Gasteiger partial charge in [0.15, 0.2) is 17.5 Å². The number of nitrogens with zero attached hydrogens (tertiary/aromatic N) is 3. The second-order valence-electron chi connectivity index (χ2n) is 13.3. The number of rotatable bonds is 7. The SMILES string of the molecule is [2H]c1c([2H])c([2H])c(-c2cccc(-c3nc(-c4ccccc4)nc(-c4ccc5c(c4)oc4ccc(-c6ccc(-c7ccc(-c8ccccc8)cc7)cc6)cc45)n3)c2)c([2H])c1[2H]. The van der Waals surface area contributed by atoms with E-state index in [9.17, 15) is 0 Å². The van der Waals surface area contributed by atoms with Gasteiger partial charge in [0.25, 0.3) is 0 Å². The van der Waals surface area contributed by atoms with Crippen molar-refractivity contribution < 1.29 is 11.3 Å².